The number of methoxy groups -OCH3 is 1. The molecule has 1 aliphatic rings. The van der Waals surface area contributed by atoms with Crippen molar-refractivity contribution in [3.8, 4) is 11.1 Å². The van der Waals surface area contributed by atoms with E-state index in [1.807, 2.05) is 36.4 Å². The lowest BCUT2D eigenvalue weighted by Crippen LogP contribution is -2.41. The van der Waals surface area contributed by atoms with E-state index in [4.69, 9.17) is 9.47 Å². The highest BCUT2D eigenvalue weighted by atomic mass is 16.5. The number of rotatable bonds is 20. The van der Waals surface area contributed by atoms with Crippen LogP contribution >= 0.6 is 0 Å². The van der Waals surface area contributed by atoms with Crippen LogP contribution in [0.1, 0.15) is 121 Å². The number of esters is 1. The first-order valence-electron chi connectivity index (χ1n) is 15.5. The number of fused-ring (bicyclic) bond motifs is 3. The first-order chi connectivity index (χ1) is 18.6. The maximum Gasteiger partial charge on any atom is 0.323 e. The molecule has 2 aromatic rings. The van der Waals surface area contributed by atoms with Gasteiger partial charge in [0.05, 0.1) is 13.2 Å². The second-order valence-corrected chi connectivity index (χ2v) is 11.7. The molecule has 0 bridgehead atoms. The average molecular weight is 521 g/mol. The largest absolute Gasteiger partial charge is 0.465 e. The average Bonchev–Trinajstić information content (AvgIpc) is 3.21. The standard InChI is InChI=1S/C35H52O3/c1-29(2)22-16-14-12-10-8-6-4-5-7-9-11-13-15-21-27-38-34(36)35(28-37-3)32-25-19-17-23-30(32)31-24-18-20-26-33(31)35/h17-20,23-26,29H,4-16,21-22,27-28H2,1-3H3. The van der Waals surface area contributed by atoms with Crippen molar-refractivity contribution in [1.82, 2.24) is 0 Å². The minimum atomic E-state index is -0.879. The molecular weight excluding hydrogens is 468 g/mol. The number of ether oxygens (including phenoxy) is 2. The lowest BCUT2D eigenvalue weighted by atomic mass is 9.79. The van der Waals surface area contributed by atoms with E-state index in [1.54, 1.807) is 7.11 Å². The van der Waals surface area contributed by atoms with E-state index in [2.05, 4.69) is 26.0 Å². The van der Waals surface area contributed by atoms with Gasteiger partial charge in [-0.15, -0.1) is 0 Å². The predicted molar refractivity (Wildman–Crippen MR) is 160 cm³/mol. The Labute approximate surface area is 232 Å². The molecule has 0 aromatic heterocycles. The Bertz CT molecular complexity index is 902. The van der Waals surface area contributed by atoms with Crippen LogP contribution in [-0.4, -0.2) is 26.3 Å². The summed E-state index contributed by atoms with van der Waals surface area (Å²) in [6.45, 7) is 5.42. The summed E-state index contributed by atoms with van der Waals surface area (Å²) >= 11 is 0. The lowest BCUT2D eigenvalue weighted by molar-refractivity contribution is -0.151. The zero-order valence-corrected chi connectivity index (χ0v) is 24.4. The van der Waals surface area contributed by atoms with Crippen molar-refractivity contribution in [1.29, 1.82) is 0 Å². The molecule has 38 heavy (non-hydrogen) atoms. The minimum absolute atomic E-state index is 0.188. The Hall–Kier alpha value is -2.13. The van der Waals surface area contributed by atoms with Crippen LogP contribution in [-0.2, 0) is 19.7 Å². The van der Waals surface area contributed by atoms with E-state index in [0.29, 0.717) is 6.61 Å². The summed E-state index contributed by atoms with van der Waals surface area (Å²) in [5.74, 6) is 0.674. The molecule has 0 amide bonds. The van der Waals surface area contributed by atoms with E-state index >= 15 is 0 Å². The summed E-state index contributed by atoms with van der Waals surface area (Å²) in [5.41, 5.74) is 3.32. The van der Waals surface area contributed by atoms with Crippen LogP contribution in [0.25, 0.3) is 11.1 Å². The molecule has 0 radical (unpaired) electrons. The summed E-state index contributed by atoms with van der Waals surface area (Å²) in [6, 6.07) is 16.3. The topological polar surface area (TPSA) is 35.5 Å². The van der Waals surface area contributed by atoms with Crippen molar-refractivity contribution >= 4 is 5.97 Å². The zero-order chi connectivity index (χ0) is 27.1. The first-order valence-corrected chi connectivity index (χ1v) is 15.5. The summed E-state index contributed by atoms with van der Waals surface area (Å²) in [6.07, 6.45) is 20.0. The van der Waals surface area contributed by atoms with E-state index in [-0.39, 0.29) is 12.6 Å². The van der Waals surface area contributed by atoms with Gasteiger partial charge in [-0.3, -0.25) is 4.79 Å². The summed E-state index contributed by atoms with van der Waals surface area (Å²) in [5, 5.41) is 0. The van der Waals surface area contributed by atoms with Crippen LogP contribution in [0.5, 0.6) is 0 Å². The molecule has 0 fully saturated rings. The fraction of sp³-hybridized carbons (Fsp3) is 0.629. The molecule has 0 unspecified atom stereocenters. The Morgan fingerprint density at radius 1 is 0.658 bits per heavy atom. The third-order valence-corrected chi connectivity index (χ3v) is 8.18. The van der Waals surface area contributed by atoms with Gasteiger partial charge in [-0.05, 0) is 34.6 Å². The van der Waals surface area contributed by atoms with Gasteiger partial charge in [0.15, 0.2) is 0 Å². The Morgan fingerprint density at radius 2 is 1.08 bits per heavy atom. The fourth-order valence-corrected chi connectivity index (χ4v) is 6.04. The van der Waals surface area contributed by atoms with Crippen LogP contribution in [0, 0.1) is 5.92 Å². The first kappa shape index (κ1) is 30.4. The number of hydrogen-bond donors (Lipinski definition) is 0. The number of carbonyl (C=O) groups is 1. The van der Waals surface area contributed by atoms with Gasteiger partial charge in [0.2, 0.25) is 0 Å². The van der Waals surface area contributed by atoms with E-state index in [9.17, 15) is 4.79 Å². The predicted octanol–water partition coefficient (Wildman–Crippen LogP) is 9.65. The van der Waals surface area contributed by atoms with E-state index < -0.39 is 5.41 Å². The van der Waals surface area contributed by atoms with Gasteiger partial charge in [-0.2, -0.15) is 0 Å². The molecular formula is C35H52O3. The van der Waals surface area contributed by atoms with E-state index in [0.717, 1.165) is 41.0 Å². The normalized spacial score (nSPS) is 13.5. The van der Waals surface area contributed by atoms with Crippen LogP contribution in [0.3, 0.4) is 0 Å². The van der Waals surface area contributed by atoms with Gasteiger partial charge in [0.1, 0.15) is 5.41 Å². The van der Waals surface area contributed by atoms with Crippen LogP contribution in [0.4, 0.5) is 0 Å². The molecule has 0 heterocycles. The van der Waals surface area contributed by atoms with E-state index in [1.165, 1.54) is 83.5 Å². The van der Waals surface area contributed by atoms with Crippen molar-refractivity contribution in [2.75, 3.05) is 20.3 Å². The second kappa shape index (κ2) is 16.7. The third kappa shape index (κ3) is 8.43. The molecule has 3 heteroatoms. The molecule has 1 aliphatic carbocycles. The van der Waals surface area contributed by atoms with Gasteiger partial charge < -0.3 is 9.47 Å². The molecule has 0 saturated heterocycles. The maximum absolute atomic E-state index is 13.6. The molecule has 0 N–H and O–H groups in total. The Morgan fingerprint density at radius 3 is 1.53 bits per heavy atom. The highest BCUT2D eigenvalue weighted by Crippen LogP contribution is 2.49. The van der Waals surface area contributed by atoms with Crippen LogP contribution in [0.15, 0.2) is 48.5 Å². The number of hydrogen-bond acceptors (Lipinski definition) is 3. The molecule has 0 aliphatic heterocycles. The molecule has 0 atom stereocenters. The zero-order valence-electron chi connectivity index (χ0n) is 24.4. The van der Waals surface area contributed by atoms with Gasteiger partial charge in [0.25, 0.3) is 0 Å². The molecule has 0 spiro atoms. The van der Waals surface area contributed by atoms with Gasteiger partial charge in [-0.1, -0.05) is 152 Å². The quantitative estimate of drug-likeness (QED) is 0.129. The molecule has 210 valence electrons. The molecule has 2 aromatic carbocycles. The highest BCUT2D eigenvalue weighted by molar-refractivity contribution is 5.98. The lowest BCUT2D eigenvalue weighted by Gasteiger charge is -2.29. The third-order valence-electron chi connectivity index (χ3n) is 8.18. The molecule has 3 nitrogen and oxygen atoms in total. The van der Waals surface area contributed by atoms with Crippen molar-refractivity contribution in [3.05, 3.63) is 59.7 Å². The Kier molecular flexibility index (Phi) is 13.4. The molecule has 3 rings (SSSR count). The van der Waals surface area contributed by atoms with Crippen LogP contribution < -0.4 is 0 Å². The Balaban J connectivity index is 1.27. The number of unbranched alkanes of at least 4 members (excludes halogenated alkanes) is 13. The fourth-order valence-electron chi connectivity index (χ4n) is 6.04. The highest BCUT2D eigenvalue weighted by Gasteiger charge is 2.50. The monoisotopic (exact) mass is 520 g/mol. The van der Waals surface area contributed by atoms with Crippen molar-refractivity contribution in [3.63, 3.8) is 0 Å². The van der Waals surface area contributed by atoms with Crippen molar-refractivity contribution in [2.24, 2.45) is 5.92 Å². The maximum atomic E-state index is 13.6. The van der Waals surface area contributed by atoms with Gasteiger partial charge in [0, 0.05) is 7.11 Å². The smallest absolute Gasteiger partial charge is 0.323 e. The number of benzene rings is 2. The summed E-state index contributed by atoms with van der Waals surface area (Å²) < 4.78 is 11.5. The summed E-state index contributed by atoms with van der Waals surface area (Å²) in [4.78, 5) is 13.6. The minimum Gasteiger partial charge on any atom is -0.465 e. The van der Waals surface area contributed by atoms with Crippen molar-refractivity contribution < 1.29 is 14.3 Å². The SMILES string of the molecule is COCC1(C(=O)OCCCCCCCCCCCCCCCCC(C)C)c2ccccc2-c2ccccc21. The van der Waals surface area contributed by atoms with Gasteiger partial charge >= 0.3 is 5.97 Å². The summed E-state index contributed by atoms with van der Waals surface area (Å²) in [7, 11) is 1.66. The molecule has 0 saturated carbocycles. The second-order valence-electron chi connectivity index (χ2n) is 11.7. The van der Waals surface area contributed by atoms with Crippen LogP contribution in [0.2, 0.25) is 0 Å². The van der Waals surface area contributed by atoms with Crippen molar-refractivity contribution in [2.45, 2.75) is 116 Å². The van der Waals surface area contributed by atoms with Gasteiger partial charge in [-0.25, -0.2) is 0 Å². The number of carbonyl (C=O) groups excluding carboxylic acids is 1.